The molecule has 0 aromatic carbocycles. The lowest BCUT2D eigenvalue weighted by Gasteiger charge is -2.50. The summed E-state index contributed by atoms with van der Waals surface area (Å²) >= 11 is 0. The van der Waals surface area contributed by atoms with E-state index in [1.165, 1.54) is 19.3 Å². The molecule has 6 N–H and O–H groups in total. The van der Waals surface area contributed by atoms with E-state index >= 15 is 0 Å². The minimum absolute atomic E-state index is 0.123. The molecule has 0 saturated carbocycles. The van der Waals surface area contributed by atoms with Crippen LogP contribution >= 0.6 is 0 Å². The van der Waals surface area contributed by atoms with Gasteiger partial charge in [-0.2, -0.15) is 0 Å². The maximum atomic E-state index is 6.47. The molecule has 0 saturated heterocycles. The van der Waals surface area contributed by atoms with E-state index in [4.69, 9.17) is 17.2 Å². The topological polar surface area (TPSA) is 78.1 Å². The minimum Gasteiger partial charge on any atom is -0.330 e. The molecular formula is C26H57N3. The van der Waals surface area contributed by atoms with Gasteiger partial charge in [0, 0.05) is 11.1 Å². The predicted octanol–water partition coefficient (Wildman–Crippen LogP) is 6.48. The Morgan fingerprint density at radius 2 is 0.862 bits per heavy atom. The van der Waals surface area contributed by atoms with Crippen LogP contribution in [0.2, 0.25) is 0 Å². The first kappa shape index (κ1) is 28.9. The largest absolute Gasteiger partial charge is 0.330 e. The first-order valence-corrected chi connectivity index (χ1v) is 11.8. The van der Waals surface area contributed by atoms with E-state index < -0.39 is 0 Å². The van der Waals surface area contributed by atoms with E-state index in [2.05, 4.69) is 83.1 Å². The van der Waals surface area contributed by atoms with E-state index in [0.717, 1.165) is 25.8 Å². The molecule has 3 heteroatoms. The molecular weight excluding hydrogens is 354 g/mol. The third-order valence-electron chi connectivity index (χ3n) is 5.82. The van der Waals surface area contributed by atoms with Crippen LogP contribution in [0, 0.1) is 27.6 Å². The minimum atomic E-state index is -0.161. The summed E-state index contributed by atoms with van der Waals surface area (Å²) in [5.41, 5.74) is 19.5. The fourth-order valence-corrected chi connectivity index (χ4v) is 6.98. The van der Waals surface area contributed by atoms with Crippen LogP contribution in [-0.4, -0.2) is 17.6 Å². The second-order valence-electron chi connectivity index (χ2n) is 14.7. The van der Waals surface area contributed by atoms with Gasteiger partial charge in [0.2, 0.25) is 0 Å². The lowest BCUT2D eigenvalue weighted by molar-refractivity contribution is 0.0124. The average molecular weight is 412 g/mol. The van der Waals surface area contributed by atoms with Crippen LogP contribution in [0.3, 0.4) is 0 Å². The molecule has 0 aliphatic rings. The van der Waals surface area contributed by atoms with Gasteiger partial charge in [-0.25, -0.2) is 0 Å². The highest BCUT2D eigenvalue weighted by atomic mass is 14.7. The average Bonchev–Trinajstić information content (AvgIpc) is 2.27. The zero-order chi connectivity index (χ0) is 23.5. The van der Waals surface area contributed by atoms with Crippen LogP contribution in [0.25, 0.3) is 0 Å². The van der Waals surface area contributed by atoms with Crippen LogP contribution < -0.4 is 17.2 Å². The van der Waals surface area contributed by atoms with Crippen molar-refractivity contribution in [2.75, 3.05) is 6.54 Å². The fraction of sp³-hybridized carbons (Fsp3) is 1.00. The first-order valence-electron chi connectivity index (χ1n) is 11.8. The third kappa shape index (κ3) is 13.0. The van der Waals surface area contributed by atoms with Crippen molar-refractivity contribution in [1.29, 1.82) is 0 Å². The van der Waals surface area contributed by atoms with Gasteiger partial charge in [0.05, 0.1) is 0 Å². The Balaban J connectivity index is 6.19. The summed E-state index contributed by atoms with van der Waals surface area (Å²) in [6.07, 6.45) is 6.77. The molecule has 0 aromatic rings. The maximum Gasteiger partial charge on any atom is 0.0102 e. The van der Waals surface area contributed by atoms with E-state index in [0.29, 0.717) is 5.92 Å². The Morgan fingerprint density at radius 3 is 1.10 bits per heavy atom. The summed E-state index contributed by atoms with van der Waals surface area (Å²) in [6.45, 7) is 28.4. The molecule has 0 radical (unpaired) electrons. The molecule has 0 bridgehead atoms. The van der Waals surface area contributed by atoms with Crippen LogP contribution in [-0.2, 0) is 0 Å². The number of rotatable bonds is 13. The molecule has 3 nitrogen and oxygen atoms in total. The van der Waals surface area contributed by atoms with Crippen LogP contribution in [0.15, 0.2) is 0 Å². The fourth-order valence-electron chi connectivity index (χ4n) is 6.98. The molecule has 0 rings (SSSR count). The van der Waals surface area contributed by atoms with Gasteiger partial charge >= 0.3 is 0 Å². The van der Waals surface area contributed by atoms with Crippen molar-refractivity contribution in [2.45, 2.75) is 133 Å². The monoisotopic (exact) mass is 411 g/mol. The summed E-state index contributed by atoms with van der Waals surface area (Å²) in [4.78, 5) is 0. The molecule has 0 spiro atoms. The molecule has 0 aliphatic carbocycles. The highest BCUT2D eigenvalue weighted by molar-refractivity contribution is 4.97. The van der Waals surface area contributed by atoms with Crippen molar-refractivity contribution >= 4 is 0 Å². The van der Waals surface area contributed by atoms with Crippen LogP contribution in [0.4, 0.5) is 0 Å². The zero-order valence-electron chi connectivity index (χ0n) is 22.3. The Morgan fingerprint density at radius 1 is 0.552 bits per heavy atom. The smallest absolute Gasteiger partial charge is 0.0102 e. The lowest BCUT2D eigenvalue weighted by atomic mass is 9.55. The van der Waals surface area contributed by atoms with Crippen molar-refractivity contribution in [2.24, 2.45) is 44.8 Å². The van der Waals surface area contributed by atoms with E-state index in [1.807, 2.05) is 0 Å². The van der Waals surface area contributed by atoms with E-state index in [1.54, 1.807) is 0 Å². The molecule has 0 aromatic heterocycles. The van der Waals surface area contributed by atoms with Gasteiger partial charge in [-0.1, -0.05) is 55.4 Å². The summed E-state index contributed by atoms with van der Waals surface area (Å²) in [6, 6.07) is 0. The molecule has 0 unspecified atom stereocenters. The Hall–Kier alpha value is -0.120. The Kier molecular flexibility index (Phi) is 9.53. The first-order chi connectivity index (χ1) is 12.5. The molecule has 29 heavy (non-hydrogen) atoms. The Labute approximate surface area is 184 Å². The molecule has 0 fully saturated rings. The number of hydrogen-bond acceptors (Lipinski definition) is 3. The highest BCUT2D eigenvalue weighted by Gasteiger charge is 2.45. The van der Waals surface area contributed by atoms with Gasteiger partial charge < -0.3 is 17.2 Å². The second kappa shape index (κ2) is 9.57. The van der Waals surface area contributed by atoms with Crippen molar-refractivity contribution in [3.8, 4) is 0 Å². The summed E-state index contributed by atoms with van der Waals surface area (Å²) in [5.74, 6) is 0.645. The number of nitrogens with two attached hydrogens (primary N) is 3. The SMILES string of the molecule is CC(C)CC(CC(C)(C)CN)(CC(C)(C)CC(C)(C)N)CC(C)(C)CC(C)(C)N. The summed E-state index contributed by atoms with van der Waals surface area (Å²) < 4.78 is 0. The van der Waals surface area contributed by atoms with Gasteiger partial charge in [-0.05, 0) is 100 Å². The van der Waals surface area contributed by atoms with Gasteiger partial charge in [-0.15, -0.1) is 0 Å². The van der Waals surface area contributed by atoms with E-state index in [-0.39, 0.29) is 32.7 Å². The van der Waals surface area contributed by atoms with Crippen molar-refractivity contribution in [3.05, 3.63) is 0 Å². The standard InChI is InChI=1S/C26H57N3/c1-20(2)13-26(18-23(7,8)19-27,16-21(3,4)14-24(9,10)28)17-22(5,6)15-25(11,12)29/h20H,13-19,27-29H2,1-12H3. The van der Waals surface area contributed by atoms with Crippen molar-refractivity contribution in [1.82, 2.24) is 0 Å². The molecule has 0 amide bonds. The molecule has 0 heterocycles. The van der Waals surface area contributed by atoms with Crippen LogP contribution in [0.1, 0.15) is 122 Å². The summed E-state index contributed by atoms with van der Waals surface area (Å²) in [5, 5.41) is 0. The second-order valence-corrected chi connectivity index (χ2v) is 14.7. The molecule has 176 valence electrons. The molecule has 0 aliphatic heterocycles. The third-order valence-corrected chi connectivity index (χ3v) is 5.82. The predicted molar refractivity (Wildman–Crippen MR) is 132 cm³/mol. The van der Waals surface area contributed by atoms with Crippen molar-refractivity contribution < 1.29 is 0 Å². The van der Waals surface area contributed by atoms with E-state index in [9.17, 15) is 0 Å². The number of hydrogen-bond donors (Lipinski definition) is 3. The molecule has 0 atom stereocenters. The van der Waals surface area contributed by atoms with Crippen molar-refractivity contribution in [3.63, 3.8) is 0 Å². The summed E-state index contributed by atoms with van der Waals surface area (Å²) in [7, 11) is 0. The maximum absolute atomic E-state index is 6.47. The zero-order valence-corrected chi connectivity index (χ0v) is 22.3. The van der Waals surface area contributed by atoms with Gasteiger partial charge in [0.25, 0.3) is 0 Å². The van der Waals surface area contributed by atoms with Crippen LogP contribution in [0.5, 0.6) is 0 Å². The quantitative estimate of drug-likeness (QED) is 0.324. The lowest BCUT2D eigenvalue weighted by Crippen LogP contribution is -2.45. The van der Waals surface area contributed by atoms with Gasteiger partial charge in [0.1, 0.15) is 0 Å². The normalized spacial score (nSPS) is 15.3. The Bertz CT molecular complexity index is 457. The van der Waals surface area contributed by atoms with Gasteiger partial charge in [0.15, 0.2) is 0 Å². The highest BCUT2D eigenvalue weighted by Crippen LogP contribution is 2.54. The van der Waals surface area contributed by atoms with Gasteiger partial charge in [-0.3, -0.25) is 0 Å².